The highest BCUT2D eigenvalue weighted by Crippen LogP contribution is 2.30. The summed E-state index contributed by atoms with van der Waals surface area (Å²) in [7, 11) is 0. The maximum absolute atomic E-state index is 13.4. The Kier molecular flexibility index (Phi) is 59.7. The Labute approximate surface area is 570 Å². The van der Waals surface area contributed by atoms with Crippen LogP contribution in [0.1, 0.15) is 367 Å². The first-order valence-electron chi connectivity index (χ1n) is 39.7. The van der Waals surface area contributed by atoms with Crippen molar-refractivity contribution in [3.8, 4) is 0 Å². The molecule has 2 rings (SSSR count). The van der Waals surface area contributed by atoms with Crippen molar-refractivity contribution in [1.29, 1.82) is 0 Å². The Bertz CT molecular complexity index is 1700. The van der Waals surface area contributed by atoms with E-state index in [0.717, 1.165) is 32.1 Å². The molecule has 2 heterocycles. The summed E-state index contributed by atoms with van der Waals surface area (Å²) in [5, 5.41) is 87.6. The van der Waals surface area contributed by atoms with E-state index < -0.39 is 86.8 Å². The number of amides is 1. The van der Waals surface area contributed by atoms with Gasteiger partial charge in [0.2, 0.25) is 5.91 Å². The average Bonchev–Trinajstić information content (AvgIpc) is 0.854. The summed E-state index contributed by atoms with van der Waals surface area (Å²) in [6.45, 7) is 2.84. The van der Waals surface area contributed by atoms with Crippen LogP contribution in [0.5, 0.6) is 0 Å². The Morgan fingerprint density at radius 2 is 0.688 bits per heavy atom. The number of unbranched alkanes of at least 4 members (excludes halogenated alkanes) is 50. The van der Waals surface area contributed by atoms with Crippen LogP contribution in [0.4, 0.5) is 0 Å². The van der Waals surface area contributed by atoms with Crippen LogP contribution < -0.4 is 5.32 Å². The summed E-state index contributed by atoms with van der Waals surface area (Å²) >= 11 is 0. The molecule has 2 aliphatic rings. The summed E-state index contributed by atoms with van der Waals surface area (Å²) in [5.41, 5.74) is 0. The van der Waals surface area contributed by atoms with Gasteiger partial charge in [-0.1, -0.05) is 339 Å². The molecule has 14 nitrogen and oxygen atoms in total. The molecule has 0 aromatic heterocycles. The lowest BCUT2D eigenvalue weighted by Crippen LogP contribution is -2.65. The molecule has 0 radical (unpaired) electrons. The predicted octanol–water partition coefficient (Wildman–Crippen LogP) is 17.6. The molecule has 0 spiro atoms. The monoisotopic (exact) mass is 1320 g/mol. The molecular formula is C79H149NO13. The highest BCUT2D eigenvalue weighted by atomic mass is 16.7. The lowest BCUT2D eigenvalue weighted by atomic mass is 9.97. The van der Waals surface area contributed by atoms with Crippen molar-refractivity contribution in [2.45, 2.75) is 441 Å². The first-order chi connectivity index (χ1) is 45.6. The molecule has 93 heavy (non-hydrogen) atoms. The van der Waals surface area contributed by atoms with Gasteiger partial charge in [-0.25, -0.2) is 0 Å². The number of allylic oxidation sites excluding steroid dienone is 5. The molecule has 1 amide bonds. The van der Waals surface area contributed by atoms with E-state index in [4.69, 9.17) is 18.9 Å². The second kappa shape index (κ2) is 63.6. The number of aliphatic hydroxyl groups is 8. The van der Waals surface area contributed by atoms with Gasteiger partial charge in [-0.05, 0) is 57.8 Å². The van der Waals surface area contributed by atoms with Gasteiger partial charge in [0.15, 0.2) is 12.6 Å². The maximum atomic E-state index is 13.4. The van der Waals surface area contributed by atoms with Crippen molar-refractivity contribution in [2.75, 3.05) is 19.8 Å². The number of hydrogen-bond acceptors (Lipinski definition) is 13. The number of nitrogens with one attached hydrogen (secondary N) is 1. The molecule has 0 aromatic carbocycles. The van der Waals surface area contributed by atoms with Gasteiger partial charge in [-0.15, -0.1) is 0 Å². The van der Waals surface area contributed by atoms with Crippen LogP contribution >= 0.6 is 0 Å². The zero-order valence-corrected chi connectivity index (χ0v) is 60.0. The minimum absolute atomic E-state index is 0.242. The molecule has 0 bridgehead atoms. The molecule has 12 unspecified atom stereocenters. The van der Waals surface area contributed by atoms with Crippen molar-refractivity contribution >= 4 is 5.91 Å². The fourth-order valence-electron chi connectivity index (χ4n) is 13.2. The Hall–Kier alpha value is -1.79. The molecule has 2 aliphatic heterocycles. The first-order valence-corrected chi connectivity index (χ1v) is 39.7. The summed E-state index contributed by atoms with van der Waals surface area (Å²) < 4.78 is 22.9. The van der Waals surface area contributed by atoms with Crippen molar-refractivity contribution in [2.24, 2.45) is 0 Å². The van der Waals surface area contributed by atoms with Crippen LogP contribution in [0.3, 0.4) is 0 Å². The van der Waals surface area contributed by atoms with Crippen molar-refractivity contribution in [3.05, 3.63) is 36.5 Å². The van der Waals surface area contributed by atoms with Gasteiger partial charge in [0.1, 0.15) is 48.8 Å². The number of carbonyl (C=O) groups is 1. The van der Waals surface area contributed by atoms with Crippen LogP contribution in [0.2, 0.25) is 0 Å². The molecule has 0 aliphatic carbocycles. The standard InChI is InChI=1S/C79H149NO13/c1-3-5-7-9-11-13-15-17-19-21-23-25-27-29-31-32-33-34-35-37-38-40-42-44-46-48-50-52-54-56-58-60-62-68(83)67(66-90-78-76(89)74(87)77(70(65-82)92-78)93-79-75(88)73(86)72(85)69(64-81)91-79)80-71(84)63-61-59-57-55-53-51-49-47-45-43-41-39-36-30-28-26-24-22-20-18-16-14-12-10-8-6-4-2/h22,24,52,54,60,62,67-70,72-79,81-83,85-89H,3-21,23,25-51,53,55-59,61,63-66H2,1-2H3,(H,80,84)/b24-22-,54-52+,62-60+. The van der Waals surface area contributed by atoms with Crippen LogP contribution in [0, 0.1) is 0 Å². The van der Waals surface area contributed by atoms with E-state index in [0.29, 0.717) is 12.8 Å². The zero-order valence-electron chi connectivity index (χ0n) is 60.0. The molecule has 12 atom stereocenters. The third kappa shape index (κ3) is 47.0. The SMILES string of the molecule is CCCCCCCCCC/C=C\CCCCCCCCCCCCCCCCCC(=O)NC(COC1OC(CO)C(OC2OC(CO)C(O)C(O)C2O)C(O)C1O)C(O)/C=C/CC/C=C/CCCCCCCCCCCCCCCCCCCCCCCCCCCC. The summed E-state index contributed by atoms with van der Waals surface area (Å²) in [6.07, 6.45) is 66.6. The summed E-state index contributed by atoms with van der Waals surface area (Å²) in [5.74, 6) is -0.242. The molecule has 9 N–H and O–H groups in total. The number of aliphatic hydroxyl groups excluding tert-OH is 8. The van der Waals surface area contributed by atoms with E-state index >= 15 is 0 Å². The minimum Gasteiger partial charge on any atom is -0.394 e. The first kappa shape index (κ1) is 87.3. The van der Waals surface area contributed by atoms with E-state index in [1.54, 1.807) is 6.08 Å². The van der Waals surface area contributed by atoms with E-state index in [2.05, 4.69) is 43.5 Å². The van der Waals surface area contributed by atoms with Gasteiger partial charge in [-0.3, -0.25) is 4.79 Å². The number of carbonyl (C=O) groups excluding carboxylic acids is 1. The third-order valence-electron chi connectivity index (χ3n) is 19.5. The molecule has 2 saturated heterocycles. The van der Waals surface area contributed by atoms with Gasteiger partial charge in [0.05, 0.1) is 32.0 Å². The van der Waals surface area contributed by atoms with Gasteiger partial charge >= 0.3 is 0 Å². The largest absolute Gasteiger partial charge is 0.394 e. The van der Waals surface area contributed by atoms with Crippen molar-refractivity contribution in [1.82, 2.24) is 5.32 Å². The second-order valence-electron chi connectivity index (χ2n) is 28.2. The van der Waals surface area contributed by atoms with Gasteiger partial charge in [-0.2, -0.15) is 0 Å². The Balaban J connectivity index is 1.64. The van der Waals surface area contributed by atoms with E-state index in [9.17, 15) is 45.6 Å². The molecular weight excluding hydrogens is 1170 g/mol. The van der Waals surface area contributed by atoms with Crippen LogP contribution in [-0.2, 0) is 23.7 Å². The van der Waals surface area contributed by atoms with Crippen LogP contribution in [-0.4, -0.2) is 140 Å². The van der Waals surface area contributed by atoms with Gasteiger partial charge in [0, 0.05) is 6.42 Å². The lowest BCUT2D eigenvalue weighted by Gasteiger charge is -2.46. The molecule has 2 fully saturated rings. The Morgan fingerprint density at radius 1 is 0.376 bits per heavy atom. The van der Waals surface area contributed by atoms with Gasteiger partial charge in [0.25, 0.3) is 0 Å². The van der Waals surface area contributed by atoms with E-state index in [1.807, 2.05) is 6.08 Å². The predicted molar refractivity (Wildman–Crippen MR) is 383 cm³/mol. The molecule has 548 valence electrons. The fraction of sp³-hybridized carbons (Fsp3) is 0.911. The second-order valence-corrected chi connectivity index (χ2v) is 28.2. The molecule has 0 saturated carbocycles. The average molecular weight is 1320 g/mol. The molecule has 0 aromatic rings. The number of rotatable bonds is 67. The highest BCUT2D eigenvalue weighted by Gasteiger charge is 2.51. The van der Waals surface area contributed by atoms with E-state index in [1.165, 1.54) is 302 Å². The highest BCUT2D eigenvalue weighted by molar-refractivity contribution is 5.76. The normalized spacial score (nSPS) is 22.7. The quantitative estimate of drug-likeness (QED) is 0.0204. The number of ether oxygens (including phenoxy) is 4. The smallest absolute Gasteiger partial charge is 0.220 e. The fourth-order valence-corrected chi connectivity index (χ4v) is 13.2. The van der Waals surface area contributed by atoms with Crippen LogP contribution in [0.25, 0.3) is 0 Å². The van der Waals surface area contributed by atoms with Crippen LogP contribution in [0.15, 0.2) is 36.5 Å². The zero-order chi connectivity index (χ0) is 67.3. The van der Waals surface area contributed by atoms with Crippen molar-refractivity contribution in [3.63, 3.8) is 0 Å². The van der Waals surface area contributed by atoms with Gasteiger partial charge < -0.3 is 65.1 Å². The van der Waals surface area contributed by atoms with E-state index in [-0.39, 0.29) is 18.9 Å². The van der Waals surface area contributed by atoms with Crippen molar-refractivity contribution < 1.29 is 64.6 Å². The Morgan fingerprint density at radius 3 is 1.05 bits per heavy atom. The third-order valence-corrected chi connectivity index (χ3v) is 19.5. The maximum Gasteiger partial charge on any atom is 0.220 e. The number of hydrogen-bond donors (Lipinski definition) is 9. The molecule has 14 heteroatoms. The summed E-state index contributed by atoms with van der Waals surface area (Å²) in [6, 6.07) is -0.932. The lowest BCUT2D eigenvalue weighted by molar-refractivity contribution is -0.359. The summed E-state index contributed by atoms with van der Waals surface area (Å²) in [4.78, 5) is 13.4. The topological polar surface area (TPSA) is 228 Å². The minimum atomic E-state index is -1.79.